The molecule has 0 aliphatic carbocycles. The van der Waals surface area contributed by atoms with Crippen LogP contribution in [-0.2, 0) is 14.8 Å². The van der Waals surface area contributed by atoms with Crippen LogP contribution >= 0.6 is 11.6 Å². The van der Waals surface area contributed by atoms with Crippen molar-refractivity contribution in [1.82, 2.24) is 9.62 Å². The SMILES string of the molecule is CCOC(=O)N1CCC(NS(=O)(=O)c2ccc(F)c(Cl)c2)CC1. The number of hydrogen-bond donors (Lipinski definition) is 1. The van der Waals surface area contributed by atoms with Crippen LogP contribution in [0.15, 0.2) is 23.1 Å². The highest BCUT2D eigenvalue weighted by Crippen LogP contribution is 2.21. The number of nitrogens with one attached hydrogen (secondary N) is 1. The molecule has 1 N–H and O–H groups in total. The molecule has 128 valence electrons. The molecule has 23 heavy (non-hydrogen) atoms. The van der Waals surface area contributed by atoms with Crippen molar-refractivity contribution in [3.8, 4) is 0 Å². The molecule has 0 saturated carbocycles. The summed E-state index contributed by atoms with van der Waals surface area (Å²) in [6, 6.07) is 2.96. The molecule has 9 heteroatoms. The second-order valence-corrected chi connectivity index (χ2v) is 7.28. The van der Waals surface area contributed by atoms with Crippen LogP contribution in [0.5, 0.6) is 0 Å². The van der Waals surface area contributed by atoms with Gasteiger partial charge in [-0.3, -0.25) is 0 Å². The Balaban J connectivity index is 1.97. The predicted molar refractivity (Wildman–Crippen MR) is 83.3 cm³/mol. The van der Waals surface area contributed by atoms with Crippen molar-refractivity contribution in [2.24, 2.45) is 0 Å². The number of benzene rings is 1. The van der Waals surface area contributed by atoms with Crippen molar-refractivity contribution in [2.75, 3.05) is 19.7 Å². The largest absolute Gasteiger partial charge is 0.450 e. The van der Waals surface area contributed by atoms with Crippen molar-refractivity contribution in [2.45, 2.75) is 30.7 Å². The average molecular weight is 365 g/mol. The molecule has 1 heterocycles. The third kappa shape index (κ3) is 4.55. The minimum atomic E-state index is -3.78. The molecule has 1 aromatic rings. The van der Waals surface area contributed by atoms with Gasteiger partial charge in [0.1, 0.15) is 5.82 Å². The monoisotopic (exact) mass is 364 g/mol. The smallest absolute Gasteiger partial charge is 0.409 e. The molecule has 1 fully saturated rings. The number of halogens is 2. The lowest BCUT2D eigenvalue weighted by Gasteiger charge is -2.31. The summed E-state index contributed by atoms with van der Waals surface area (Å²) in [6.45, 7) is 2.86. The Labute approximate surface area is 139 Å². The first-order valence-electron chi connectivity index (χ1n) is 7.22. The van der Waals surface area contributed by atoms with Gasteiger partial charge in [-0.25, -0.2) is 22.3 Å². The Bertz CT molecular complexity index is 675. The van der Waals surface area contributed by atoms with Crippen LogP contribution in [0.1, 0.15) is 19.8 Å². The summed E-state index contributed by atoms with van der Waals surface area (Å²) in [6.07, 6.45) is 0.569. The molecule has 0 atom stereocenters. The van der Waals surface area contributed by atoms with E-state index in [1.807, 2.05) is 0 Å². The Morgan fingerprint density at radius 2 is 2.09 bits per heavy atom. The summed E-state index contributed by atoms with van der Waals surface area (Å²) < 4.78 is 45.2. The lowest BCUT2D eigenvalue weighted by atomic mass is 10.1. The van der Waals surface area contributed by atoms with Gasteiger partial charge in [0.2, 0.25) is 10.0 Å². The third-order valence-electron chi connectivity index (χ3n) is 3.54. The number of piperidine rings is 1. The normalized spacial score (nSPS) is 16.4. The van der Waals surface area contributed by atoms with Crippen LogP contribution in [0.3, 0.4) is 0 Å². The molecular weight excluding hydrogens is 347 g/mol. The summed E-state index contributed by atoms with van der Waals surface area (Å²) >= 11 is 5.62. The van der Waals surface area contributed by atoms with Crippen LogP contribution in [0.2, 0.25) is 5.02 Å². The number of amides is 1. The highest BCUT2D eigenvalue weighted by molar-refractivity contribution is 7.89. The number of carbonyl (C=O) groups is 1. The lowest BCUT2D eigenvalue weighted by Crippen LogP contribution is -2.46. The number of carbonyl (C=O) groups excluding carboxylic acids is 1. The molecule has 1 saturated heterocycles. The Morgan fingerprint density at radius 1 is 1.43 bits per heavy atom. The molecule has 1 aliphatic heterocycles. The first-order chi connectivity index (χ1) is 10.8. The second kappa shape index (κ2) is 7.46. The Morgan fingerprint density at radius 3 is 2.65 bits per heavy atom. The molecule has 0 bridgehead atoms. The van der Waals surface area contributed by atoms with E-state index < -0.39 is 15.8 Å². The summed E-state index contributed by atoms with van der Waals surface area (Å²) in [5, 5.41) is -0.245. The molecule has 0 aromatic heterocycles. The van der Waals surface area contributed by atoms with Crippen LogP contribution in [-0.4, -0.2) is 45.1 Å². The van der Waals surface area contributed by atoms with Gasteiger partial charge in [0.05, 0.1) is 16.5 Å². The molecule has 1 aliphatic rings. The minimum absolute atomic E-state index is 0.0864. The lowest BCUT2D eigenvalue weighted by molar-refractivity contribution is 0.0966. The zero-order valence-corrected chi connectivity index (χ0v) is 14.2. The summed E-state index contributed by atoms with van der Waals surface area (Å²) in [4.78, 5) is 13.1. The van der Waals surface area contributed by atoms with E-state index in [1.165, 1.54) is 0 Å². The van der Waals surface area contributed by atoms with Gasteiger partial charge in [-0.2, -0.15) is 0 Å². The maximum atomic E-state index is 13.1. The highest BCUT2D eigenvalue weighted by Gasteiger charge is 2.27. The molecule has 0 spiro atoms. The Hall–Kier alpha value is -1.38. The quantitative estimate of drug-likeness (QED) is 0.890. The number of ether oxygens (including phenoxy) is 1. The van der Waals surface area contributed by atoms with Gasteiger partial charge in [0.15, 0.2) is 0 Å². The van der Waals surface area contributed by atoms with Crippen molar-refractivity contribution < 1.29 is 22.3 Å². The van der Waals surface area contributed by atoms with Crippen LogP contribution < -0.4 is 4.72 Å². The van der Waals surface area contributed by atoms with Crippen LogP contribution in [0, 0.1) is 5.82 Å². The summed E-state index contributed by atoms with van der Waals surface area (Å²) in [5.74, 6) is -0.673. The fraction of sp³-hybridized carbons (Fsp3) is 0.500. The predicted octanol–water partition coefficient (Wildman–Crippen LogP) is 2.38. The van der Waals surface area contributed by atoms with Gasteiger partial charge in [0.25, 0.3) is 0 Å². The van der Waals surface area contributed by atoms with Gasteiger partial charge in [0, 0.05) is 19.1 Å². The van der Waals surface area contributed by atoms with E-state index in [9.17, 15) is 17.6 Å². The number of rotatable bonds is 4. The maximum Gasteiger partial charge on any atom is 0.409 e. The molecule has 0 unspecified atom stereocenters. The summed E-state index contributed by atoms with van der Waals surface area (Å²) in [5.41, 5.74) is 0. The van der Waals surface area contributed by atoms with E-state index in [2.05, 4.69) is 4.72 Å². The average Bonchev–Trinajstić information content (AvgIpc) is 2.50. The zero-order chi connectivity index (χ0) is 17.0. The van der Waals surface area contributed by atoms with Crippen LogP contribution in [0.4, 0.5) is 9.18 Å². The minimum Gasteiger partial charge on any atom is -0.450 e. The number of hydrogen-bond acceptors (Lipinski definition) is 4. The van der Waals surface area contributed by atoms with E-state index in [4.69, 9.17) is 16.3 Å². The van der Waals surface area contributed by atoms with Crippen LogP contribution in [0.25, 0.3) is 0 Å². The highest BCUT2D eigenvalue weighted by atomic mass is 35.5. The number of likely N-dealkylation sites (tertiary alicyclic amines) is 1. The standard InChI is InChI=1S/C14H18ClFN2O4S/c1-2-22-14(19)18-7-5-10(6-8-18)17-23(20,21)11-3-4-13(16)12(15)9-11/h3-4,9-10,17H,2,5-8H2,1H3. The molecule has 0 radical (unpaired) electrons. The van der Waals surface area contributed by atoms with E-state index >= 15 is 0 Å². The first-order valence-corrected chi connectivity index (χ1v) is 9.08. The fourth-order valence-corrected chi connectivity index (χ4v) is 3.90. The van der Waals surface area contributed by atoms with E-state index in [0.29, 0.717) is 32.5 Å². The zero-order valence-electron chi connectivity index (χ0n) is 12.6. The topological polar surface area (TPSA) is 75.7 Å². The van der Waals surface area contributed by atoms with Crippen molar-refractivity contribution in [3.63, 3.8) is 0 Å². The van der Waals surface area contributed by atoms with E-state index in [0.717, 1.165) is 18.2 Å². The summed E-state index contributed by atoms with van der Waals surface area (Å²) in [7, 11) is -3.78. The first kappa shape index (κ1) is 18.0. The van der Waals surface area contributed by atoms with Gasteiger partial charge in [-0.1, -0.05) is 11.6 Å². The maximum absolute atomic E-state index is 13.1. The molecule has 6 nitrogen and oxygen atoms in total. The van der Waals surface area contributed by atoms with E-state index in [1.54, 1.807) is 11.8 Å². The molecular formula is C14H18ClFN2O4S. The number of sulfonamides is 1. The van der Waals surface area contributed by atoms with Gasteiger partial charge < -0.3 is 9.64 Å². The van der Waals surface area contributed by atoms with Crippen molar-refractivity contribution in [3.05, 3.63) is 29.0 Å². The van der Waals surface area contributed by atoms with Crippen molar-refractivity contribution >= 4 is 27.7 Å². The van der Waals surface area contributed by atoms with Gasteiger partial charge in [-0.05, 0) is 38.0 Å². The van der Waals surface area contributed by atoms with Crippen molar-refractivity contribution in [1.29, 1.82) is 0 Å². The molecule has 1 amide bonds. The van der Waals surface area contributed by atoms with Gasteiger partial charge >= 0.3 is 6.09 Å². The number of nitrogens with zero attached hydrogens (tertiary/aromatic N) is 1. The van der Waals surface area contributed by atoms with E-state index in [-0.39, 0.29) is 22.1 Å². The third-order valence-corrected chi connectivity index (χ3v) is 5.35. The Kier molecular flexibility index (Phi) is 5.83. The second-order valence-electron chi connectivity index (χ2n) is 5.16. The molecule has 2 rings (SSSR count). The fourth-order valence-electron chi connectivity index (χ4n) is 2.33. The molecule has 1 aromatic carbocycles. The van der Waals surface area contributed by atoms with Gasteiger partial charge in [-0.15, -0.1) is 0 Å².